The Morgan fingerprint density at radius 2 is 2.27 bits per heavy atom. The Kier molecular flexibility index (Phi) is 2.18. The van der Waals surface area contributed by atoms with E-state index in [2.05, 4.69) is 0 Å². The lowest BCUT2D eigenvalue weighted by Crippen LogP contribution is -2.48. The van der Waals surface area contributed by atoms with Crippen molar-refractivity contribution in [2.45, 2.75) is 38.1 Å². The Hall–Kier alpha value is -0.570. The maximum atomic E-state index is 10.4. The summed E-state index contributed by atoms with van der Waals surface area (Å²) in [6.45, 7) is 1.84. The molecule has 0 aliphatic heterocycles. The Morgan fingerprint density at radius 1 is 1.73 bits per heavy atom. The summed E-state index contributed by atoms with van der Waals surface area (Å²) in [6.07, 6.45) is 3.50. The van der Waals surface area contributed by atoms with Crippen LogP contribution in [0.5, 0.6) is 0 Å². The van der Waals surface area contributed by atoms with Crippen LogP contribution < -0.4 is 5.73 Å². The van der Waals surface area contributed by atoms with Crippen molar-refractivity contribution in [3.05, 3.63) is 0 Å². The van der Waals surface area contributed by atoms with Gasteiger partial charge in [0.2, 0.25) is 0 Å². The van der Waals surface area contributed by atoms with Gasteiger partial charge < -0.3 is 10.8 Å². The molecule has 0 aromatic carbocycles. The average molecular weight is 157 g/mol. The summed E-state index contributed by atoms with van der Waals surface area (Å²) in [7, 11) is 0. The minimum Gasteiger partial charge on any atom is -0.481 e. The van der Waals surface area contributed by atoms with Gasteiger partial charge in [-0.15, -0.1) is 0 Å². The van der Waals surface area contributed by atoms with E-state index in [9.17, 15) is 4.79 Å². The number of carboxylic acids is 1. The third kappa shape index (κ3) is 1.93. The fourth-order valence-electron chi connectivity index (χ4n) is 1.54. The highest BCUT2D eigenvalue weighted by Crippen LogP contribution is 2.36. The number of rotatable bonds is 3. The zero-order valence-corrected chi connectivity index (χ0v) is 6.84. The van der Waals surface area contributed by atoms with Crippen LogP contribution in [0.3, 0.4) is 0 Å². The van der Waals surface area contributed by atoms with Crippen LogP contribution in [-0.4, -0.2) is 16.6 Å². The zero-order chi connectivity index (χ0) is 8.48. The van der Waals surface area contributed by atoms with Gasteiger partial charge >= 0.3 is 5.97 Å². The molecule has 0 spiro atoms. The molecule has 1 fully saturated rings. The number of hydrogen-bond donors (Lipinski definition) is 2. The molecule has 3 heteroatoms. The summed E-state index contributed by atoms with van der Waals surface area (Å²) in [5.74, 6) is -0.361. The van der Waals surface area contributed by atoms with Crippen molar-refractivity contribution in [3.63, 3.8) is 0 Å². The first-order chi connectivity index (χ1) is 5.02. The first kappa shape index (κ1) is 8.53. The van der Waals surface area contributed by atoms with Crippen LogP contribution in [-0.2, 0) is 4.79 Å². The standard InChI is InChI=1S/C8H15NO2/c1-8(9,5-7(10)11)6-3-2-4-6/h6H,2-5,9H2,1H3,(H,10,11)/t8-/m0/s1. The molecule has 0 aromatic rings. The van der Waals surface area contributed by atoms with Gasteiger partial charge in [-0.05, 0) is 25.7 Å². The summed E-state index contributed by atoms with van der Waals surface area (Å²) in [6, 6.07) is 0. The van der Waals surface area contributed by atoms with E-state index in [0.717, 1.165) is 12.8 Å². The van der Waals surface area contributed by atoms with E-state index < -0.39 is 11.5 Å². The van der Waals surface area contributed by atoms with Gasteiger partial charge in [-0.1, -0.05) is 6.42 Å². The molecule has 3 nitrogen and oxygen atoms in total. The highest BCUT2D eigenvalue weighted by molar-refractivity contribution is 5.68. The van der Waals surface area contributed by atoms with Gasteiger partial charge in [0.15, 0.2) is 0 Å². The molecule has 0 amide bonds. The second-order valence-corrected chi connectivity index (χ2v) is 3.70. The van der Waals surface area contributed by atoms with Gasteiger partial charge in [0.05, 0.1) is 6.42 Å². The van der Waals surface area contributed by atoms with Crippen molar-refractivity contribution in [2.75, 3.05) is 0 Å². The average Bonchev–Trinajstić information content (AvgIpc) is 1.50. The molecule has 0 radical (unpaired) electrons. The highest BCUT2D eigenvalue weighted by Gasteiger charge is 2.35. The van der Waals surface area contributed by atoms with Gasteiger partial charge in [0, 0.05) is 5.54 Å². The Balaban J connectivity index is 2.43. The third-order valence-corrected chi connectivity index (χ3v) is 2.57. The van der Waals surface area contributed by atoms with Crippen LogP contribution >= 0.6 is 0 Å². The van der Waals surface area contributed by atoms with Crippen molar-refractivity contribution in [1.82, 2.24) is 0 Å². The van der Waals surface area contributed by atoms with Crippen molar-refractivity contribution in [3.8, 4) is 0 Å². The molecule has 11 heavy (non-hydrogen) atoms. The van der Waals surface area contributed by atoms with Gasteiger partial charge in [-0.3, -0.25) is 4.79 Å². The van der Waals surface area contributed by atoms with Crippen molar-refractivity contribution in [2.24, 2.45) is 11.7 Å². The van der Waals surface area contributed by atoms with Crippen LogP contribution in [0.4, 0.5) is 0 Å². The van der Waals surface area contributed by atoms with E-state index in [0.29, 0.717) is 5.92 Å². The van der Waals surface area contributed by atoms with Crippen LogP contribution in [0.1, 0.15) is 32.6 Å². The molecule has 1 atom stereocenters. The van der Waals surface area contributed by atoms with Crippen LogP contribution in [0.25, 0.3) is 0 Å². The zero-order valence-electron chi connectivity index (χ0n) is 6.84. The predicted molar refractivity (Wildman–Crippen MR) is 42.2 cm³/mol. The number of hydrogen-bond acceptors (Lipinski definition) is 2. The van der Waals surface area contributed by atoms with E-state index in [1.165, 1.54) is 6.42 Å². The fourth-order valence-corrected chi connectivity index (χ4v) is 1.54. The lowest BCUT2D eigenvalue weighted by molar-refractivity contribution is -0.139. The number of carboxylic acid groups (broad SMARTS) is 1. The van der Waals surface area contributed by atoms with Crippen molar-refractivity contribution < 1.29 is 9.90 Å². The first-order valence-corrected chi connectivity index (χ1v) is 4.03. The molecule has 0 unspecified atom stereocenters. The van der Waals surface area contributed by atoms with E-state index in [-0.39, 0.29) is 6.42 Å². The van der Waals surface area contributed by atoms with Crippen molar-refractivity contribution >= 4 is 5.97 Å². The summed E-state index contributed by atoms with van der Waals surface area (Å²) < 4.78 is 0. The molecule has 1 rings (SSSR count). The lowest BCUT2D eigenvalue weighted by atomic mass is 9.71. The molecule has 1 aliphatic rings. The van der Waals surface area contributed by atoms with E-state index in [4.69, 9.17) is 10.8 Å². The number of aliphatic carboxylic acids is 1. The van der Waals surface area contributed by atoms with Crippen LogP contribution in [0.15, 0.2) is 0 Å². The van der Waals surface area contributed by atoms with E-state index in [1.54, 1.807) is 0 Å². The summed E-state index contributed by atoms with van der Waals surface area (Å²) >= 11 is 0. The maximum absolute atomic E-state index is 10.4. The number of nitrogens with two attached hydrogens (primary N) is 1. The topological polar surface area (TPSA) is 63.3 Å². The van der Waals surface area contributed by atoms with E-state index in [1.807, 2.05) is 6.92 Å². The first-order valence-electron chi connectivity index (χ1n) is 4.03. The van der Waals surface area contributed by atoms with Crippen molar-refractivity contribution in [1.29, 1.82) is 0 Å². The quantitative estimate of drug-likeness (QED) is 0.641. The monoisotopic (exact) mass is 157 g/mol. The SMILES string of the molecule is C[C@](N)(CC(=O)O)C1CCC1. The smallest absolute Gasteiger partial charge is 0.305 e. The van der Waals surface area contributed by atoms with Gasteiger partial charge in [0.1, 0.15) is 0 Å². The second kappa shape index (κ2) is 2.81. The molecule has 0 bridgehead atoms. The molecule has 0 saturated heterocycles. The Bertz CT molecular complexity index is 161. The molecule has 1 aliphatic carbocycles. The molecule has 0 aromatic heterocycles. The molecule has 1 saturated carbocycles. The molecule has 3 N–H and O–H groups in total. The summed E-state index contributed by atoms with van der Waals surface area (Å²) in [4.78, 5) is 10.4. The van der Waals surface area contributed by atoms with E-state index >= 15 is 0 Å². The Morgan fingerprint density at radius 3 is 2.55 bits per heavy atom. The fraction of sp³-hybridized carbons (Fsp3) is 0.875. The maximum Gasteiger partial charge on any atom is 0.305 e. The lowest BCUT2D eigenvalue weighted by Gasteiger charge is -2.39. The van der Waals surface area contributed by atoms with Crippen LogP contribution in [0, 0.1) is 5.92 Å². The highest BCUT2D eigenvalue weighted by atomic mass is 16.4. The molecule has 64 valence electrons. The largest absolute Gasteiger partial charge is 0.481 e. The summed E-state index contributed by atoms with van der Waals surface area (Å²) in [5, 5.41) is 8.54. The third-order valence-electron chi connectivity index (χ3n) is 2.57. The van der Waals surface area contributed by atoms with Gasteiger partial charge in [0.25, 0.3) is 0 Å². The van der Waals surface area contributed by atoms with Crippen LogP contribution in [0.2, 0.25) is 0 Å². The molecule has 0 heterocycles. The Labute approximate surface area is 66.6 Å². The minimum absolute atomic E-state index is 0.0949. The predicted octanol–water partition coefficient (Wildman–Crippen LogP) is 0.979. The van der Waals surface area contributed by atoms with Gasteiger partial charge in [-0.25, -0.2) is 0 Å². The summed E-state index contributed by atoms with van der Waals surface area (Å²) in [5.41, 5.74) is 5.36. The number of carbonyl (C=O) groups is 1. The van der Waals surface area contributed by atoms with Gasteiger partial charge in [-0.2, -0.15) is 0 Å². The molecular weight excluding hydrogens is 142 g/mol. The normalized spacial score (nSPS) is 23.8. The second-order valence-electron chi connectivity index (χ2n) is 3.70. The molecular formula is C8H15NO2. The minimum atomic E-state index is -0.790.